The van der Waals surface area contributed by atoms with Crippen molar-refractivity contribution in [3.05, 3.63) is 87.9 Å². The molecule has 0 saturated heterocycles. The van der Waals surface area contributed by atoms with Crippen LogP contribution in [0.25, 0.3) is 0 Å². The van der Waals surface area contributed by atoms with Crippen LogP contribution in [0.2, 0.25) is 20.9 Å². The first-order valence-electron chi connectivity index (χ1n) is 9.96. The van der Waals surface area contributed by atoms with Crippen molar-refractivity contribution in [1.82, 2.24) is 0 Å². The van der Waals surface area contributed by atoms with Gasteiger partial charge in [-0.15, -0.1) is 0 Å². The van der Waals surface area contributed by atoms with Gasteiger partial charge in [0.05, 0.1) is 6.15 Å². The third-order valence-electron chi connectivity index (χ3n) is 6.08. The van der Waals surface area contributed by atoms with Crippen LogP contribution in [-0.4, -0.2) is 6.15 Å². The fraction of sp³-hybridized carbons (Fsp3) is 0.250. The maximum Gasteiger partial charge on any atom is 0.0842 e. The molecule has 0 nitrogen and oxygen atoms in total. The van der Waals surface area contributed by atoms with Crippen LogP contribution >= 0.6 is 34.8 Å². The smallest absolute Gasteiger partial charge is 0.0842 e. The highest BCUT2D eigenvalue weighted by Gasteiger charge is 2.36. The fourth-order valence-corrected chi connectivity index (χ4v) is 5.25. The van der Waals surface area contributed by atoms with E-state index in [2.05, 4.69) is 50.2 Å². The van der Waals surface area contributed by atoms with Crippen LogP contribution in [0.3, 0.4) is 0 Å². The van der Waals surface area contributed by atoms with Gasteiger partial charge in [0.1, 0.15) is 0 Å². The van der Waals surface area contributed by atoms with E-state index in [0.29, 0.717) is 5.82 Å². The van der Waals surface area contributed by atoms with Crippen LogP contribution in [0.5, 0.6) is 0 Å². The zero-order chi connectivity index (χ0) is 20.1. The van der Waals surface area contributed by atoms with Gasteiger partial charge >= 0.3 is 0 Å². The summed E-state index contributed by atoms with van der Waals surface area (Å²) in [7, 11) is 0. The molecule has 146 valence electrons. The lowest BCUT2D eigenvalue weighted by molar-refractivity contribution is 0.685. The predicted molar refractivity (Wildman–Crippen MR) is 128 cm³/mol. The predicted octanol–water partition coefficient (Wildman–Crippen LogP) is 6.70. The monoisotopic (exact) mass is 429 g/mol. The lowest BCUT2D eigenvalue weighted by atomic mass is 9.10. The number of rotatable bonds is 7. The van der Waals surface area contributed by atoms with Crippen LogP contribution in [0.1, 0.15) is 33.1 Å². The fourth-order valence-electron chi connectivity index (χ4n) is 4.87. The van der Waals surface area contributed by atoms with Gasteiger partial charge in [0.15, 0.2) is 0 Å². The van der Waals surface area contributed by atoms with Gasteiger partial charge in [0.2, 0.25) is 0 Å². The molecule has 3 aromatic rings. The molecule has 1 unspecified atom stereocenters. The van der Waals surface area contributed by atoms with E-state index in [4.69, 9.17) is 34.8 Å². The highest BCUT2D eigenvalue weighted by atomic mass is 35.5. The molecule has 4 heteroatoms. The zero-order valence-corrected chi connectivity index (χ0v) is 18.6. The molecule has 1 atom stereocenters. The van der Waals surface area contributed by atoms with E-state index in [1.54, 1.807) is 0 Å². The van der Waals surface area contributed by atoms with Crippen molar-refractivity contribution in [1.29, 1.82) is 0 Å². The van der Waals surface area contributed by atoms with Crippen LogP contribution in [0.15, 0.2) is 72.8 Å². The van der Waals surface area contributed by atoms with E-state index in [1.807, 2.05) is 36.4 Å². The minimum absolute atomic E-state index is 0.480. The summed E-state index contributed by atoms with van der Waals surface area (Å²) in [6.07, 6.45) is 2.15. The molecule has 0 aromatic heterocycles. The second-order valence-electron chi connectivity index (χ2n) is 7.54. The van der Waals surface area contributed by atoms with Crippen LogP contribution in [0.4, 0.5) is 0 Å². The Labute approximate surface area is 183 Å². The zero-order valence-electron chi connectivity index (χ0n) is 16.3. The number of benzene rings is 3. The average molecular weight is 431 g/mol. The van der Waals surface area contributed by atoms with Crippen molar-refractivity contribution in [3.8, 4) is 0 Å². The molecule has 0 amide bonds. The summed E-state index contributed by atoms with van der Waals surface area (Å²) in [4.78, 5) is 0. The standard InChI is InChI=1S/C24H25BCl3/c1-3-5-18(4-2)25(19-6-12-22(26)13-7-19,20-8-14-23(27)15-9-20)21-10-16-24(28)17-11-21/h6-18H,3-5H2,1-2H3/q-1. The van der Waals surface area contributed by atoms with Crippen molar-refractivity contribution in [2.45, 2.75) is 38.9 Å². The molecule has 0 aliphatic rings. The Bertz CT molecular complexity index is 776. The third-order valence-corrected chi connectivity index (χ3v) is 6.83. The van der Waals surface area contributed by atoms with Gasteiger partial charge in [-0.3, -0.25) is 0 Å². The van der Waals surface area contributed by atoms with Gasteiger partial charge < -0.3 is 0 Å². The first-order chi connectivity index (χ1) is 13.5. The Morgan fingerprint density at radius 3 is 1.18 bits per heavy atom. The Hall–Kier alpha value is -1.41. The van der Waals surface area contributed by atoms with Gasteiger partial charge in [-0.05, 0) is 36.4 Å². The summed E-state index contributed by atoms with van der Waals surface area (Å²) < 4.78 is 0. The van der Waals surface area contributed by atoms with Crippen molar-refractivity contribution < 1.29 is 0 Å². The summed E-state index contributed by atoms with van der Waals surface area (Å²) in [5.41, 5.74) is 3.90. The molecule has 3 aromatic carbocycles. The molecule has 28 heavy (non-hydrogen) atoms. The van der Waals surface area contributed by atoms with Gasteiger partial charge in [-0.2, -0.15) is 22.2 Å². The molecule has 0 aliphatic heterocycles. The van der Waals surface area contributed by atoms with Crippen LogP contribution in [-0.2, 0) is 0 Å². The van der Waals surface area contributed by atoms with Crippen molar-refractivity contribution in [3.63, 3.8) is 0 Å². The lowest BCUT2D eigenvalue weighted by Crippen LogP contribution is -2.69. The maximum atomic E-state index is 6.24. The molecule has 0 heterocycles. The van der Waals surface area contributed by atoms with E-state index < -0.39 is 6.15 Å². The Kier molecular flexibility index (Phi) is 7.15. The second-order valence-corrected chi connectivity index (χ2v) is 8.85. The molecule has 0 aliphatic carbocycles. The molecule has 0 spiro atoms. The number of hydrogen-bond acceptors (Lipinski definition) is 0. The van der Waals surface area contributed by atoms with Gasteiger partial charge in [-0.1, -0.05) is 104 Å². The summed E-state index contributed by atoms with van der Waals surface area (Å²) in [5, 5.41) is 2.26. The average Bonchev–Trinajstić information content (AvgIpc) is 2.71. The quantitative estimate of drug-likeness (QED) is 0.366. The van der Waals surface area contributed by atoms with Crippen LogP contribution in [0, 0.1) is 0 Å². The van der Waals surface area contributed by atoms with E-state index >= 15 is 0 Å². The normalized spacial score (nSPS) is 12.8. The van der Waals surface area contributed by atoms with Crippen molar-refractivity contribution >= 4 is 57.3 Å². The molecule has 3 rings (SSSR count). The van der Waals surface area contributed by atoms with Crippen molar-refractivity contribution in [2.24, 2.45) is 0 Å². The molecular weight excluding hydrogens is 405 g/mol. The van der Waals surface area contributed by atoms with Gasteiger partial charge in [0, 0.05) is 15.1 Å². The summed E-state index contributed by atoms with van der Waals surface area (Å²) >= 11 is 18.7. The first kappa shape index (κ1) is 21.3. The largest absolute Gasteiger partial charge is 0.200 e. The molecule has 0 saturated carbocycles. The van der Waals surface area contributed by atoms with Crippen LogP contribution < -0.4 is 16.4 Å². The Morgan fingerprint density at radius 2 is 0.929 bits per heavy atom. The summed E-state index contributed by atoms with van der Waals surface area (Å²) in [6, 6.07) is 25.1. The molecule has 0 fully saturated rings. The number of hydrogen-bond donors (Lipinski definition) is 0. The highest BCUT2D eigenvalue weighted by molar-refractivity contribution is 7.12. The third kappa shape index (κ3) is 4.13. The topological polar surface area (TPSA) is 0 Å². The maximum absolute atomic E-state index is 6.24. The lowest BCUT2D eigenvalue weighted by Gasteiger charge is -2.50. The molecular formula is C24H25BCl3-. The van der Waals surface area contributed by atoms with E-state index in [-0.39, 0.29) is 0 Å². The van der Waals surface area contributed by atoms with Crippen molar-refractivity contribution in [2.75, 3.05) is 0 Å². The molecule has 0 radical (unpaired) electrons. The summed E-state index contributed by atoms with van der Waals surface area (Å²) in [6.45, 7) is 4.55. The minimum atomic E-state index is -1.21. The highest BCUT2D eigenvalue weighted by Crippen LogP contribution is 2.31. The SMILES string of the molecule is CCCC(CC)[B-](c1ccc(Cl)cc1)(c1ccc(Cl)cc1)c1ccc(Cl)cc1. The first-order valence-corrected chi connectivity index (χ1v) is 11.1. The Morgan fingerprint density at radius 1 is 0.607 bits per heavy atom. The van der Waals surface area contributed by atoms with E-state index in [0.717, 1.165) is 34.3 Å². The Balaban J connectivity index is 2.37. The van der Waals surface area contributed by atoms with E-state index in [9.17, 15) is 0 Å². The second kappa shape index (κ2) is 9.40. The number of halogens is 3. The summed E-state index contributed by atoms with van der Waals surface area (Å²) in [5.74, 6) is 0.480. The molecule has 0 bridgehead atoms. The van der Waals surface area contributed by atoms with Gasteiger partial charge in [-0.25, -0.2) is 0 Å². The molecule has 0 N–H and O–H groups in total. The minimum Gasteiger partial charge on any atom is -0.200 e. The van der Waals surface area contributed by atoms with E-state index in [1.165, 1.54) is 16.4 Å². The van der Waals surface area contributed by atoms with Gasteiger partial charge in [0.25, 0.3) is 0 Å².